The number of para-hydroxylation sites is 1. The van der Waals surface area contributed by atoms with Crippen LogP contribution in [0.15, 0.2) is 42.5 Å². The summed E-state index contributed by atoms with van der Waals surface area (Å²) in [6.45, 7) is 5.73. The third-order valence-corrected chi connectivity index (χ3v) is 4.37. The molecular weight excluding hydrogens is 338 g/mol. The van der Waals surface area contributed by atoms with Gasteiger partial charge in [0.2, 0.25) is 0 Å². The Balaban J connectivity index is 2.06. The number of hydrogen-bond donors (Lipinski definition) is 1. The van der Waals surface area contributed by atoms with Crippen LogP contribution >= 0.6 is 11.6 Å². The minimum absolute atomic E-state index is 0.0885. The molecule has 0 heterocycles. The van der Waals surface area contributed by atoms with Gasteiger partial charge in [-0.2, -0.15) is 0 Å². The number of carbonyl (C=O) groups excluding carboxylic acids is 1. The Hall–Kier alpha value is -2.20. The molecule has 0 aliphatic rings. The minimum atomic E-state index is -0.645. The normalized spacial score (nSPS) is 13.0. The molecule has 0 aromatic heterocycles. The average molecular weight is 362 g/mol. The topological polar surface area (TPSA) is 47.6 Å². The van der Waals surface area contributed by atoms with Crippen LogP contribution < -0.4 is 14.8 Å². The van der Waals surface area contributed by atoms with Crippen molar-refractivity contribution in [3.05, 3.63) is 58.6 Å². The molecule has 1 amide bonds. The minimum Gasteiger partial charge on any atom is -0.496 e. The first kappa shape index (κ1) is 19.1. The Labute approximate surface area is 154 Å². The van der Waals surface area contributed by atoms with E-state index in [1.54, 1.807) is 26.2 Å². The van der Waals surface area contributed by atoms with Gasteiger partial charge in [0.1, 0.15) is 11.5 Å². The summed E-state index contributed by atoms with van der Waals surface area (Å²) < 4.78 is 11.0. The van der Waals surface area contributed by atoms with Gasteiger partial charge in [0.25, 0.3) is 5.91 Å². The highest BCUT2D eigenvalue weighted by Gasteiger charge is 2.20. The van der Waals surface area contributed by atoms with Crippen LogP contribution in [0.1, 0.15) is 37.4 Å². The zero-order valence-electron chi connectivity index (χ0n) is 15.0. The average Bonchev–Trinajstić information content (AvgIpc) is 2.61. The summed E-state index contributed by atoms with van der Waals surface area (Å²) in [6, 6.07) is 13.0. The molecule has 0 aliphatic carbocycles. The van der Waals surface area contributed by atoms with E-state index in [4.69, 9.17) is 21.1 Å². The van der Waals surface area contributed by atoms with Gasteiger partial charge < -0.3 is 14.8 Å². The highest BCUT2D eigenvalue weighted by atomic mass is 35.5. The molecule has 2 rings (SSSR count). The molecule has 2 aromatic rings. The van der Waals surface area contributed by atoms with E-state index in [9.17, 15) is 4.79 Å². The van der Waals surface area contributed by atoms with E-state index in [2.05, 4.69) is 5.32 Å². The first-order valence-corrected chi connectivity index (χ1v) is 8.70. The standard InChI is InChI=1S/C20H24ClNO3/c1-5-17(15-10-11-18(24-4)13(2)12-15)22-20(23)14(3)25-19-9-7-6-8-16(19)21/h6-12,14,17H,5H2,1-4H3,(H,22,23)/t14-,17+/m0/s1. The second-order valence-corrected chi connectivity index (χ2v) is 6.30. The number of ether oxygens (including phenoxy) is 2. The summed E-state index contributed by atoms with van der Waals surface area (Å²) >= 11 is 6.08. The molecule has 0 unspecified atom stereocenters. The molecule has 2 aromatic carbocycles. The zero-order chi connectivity index (χ0) is 18.4. The fraction of sp³-hybridized carbons (Fsp3) is 0.350. The third kappa shape index (κ3) is 4.89. The summed E-state index contributed by atoms with van der Waals surface area (Å²) in [6.07, 6.45) is 0.129. The number of halogens is 1. The van der Waals surface area contributed by atoms with Gasteiger partial charge in [-0.1, -0.05) is 42.8 Å². The maximum absolute atomic E-state index is 12.5. The van der Waals surface area contributed by atoms with Gasteiger partial charge >= 0.3 is 0 Å². The lowest BCUT2D eigenvalue weighted by Crippen LogP contribution is -2.38. The van der Waals surface area contributed by atoms with E-state index in [0.29, 0.717) is 10.8 Å². The Morgan fingerprint density at radius 2 is 1.92 bits per heavy atom. The second-order valence-electron chi connectivity index (χ2n) is 5.89. The number of rotatable bonds is 7. The summed E-state index contributed by atoms with van der Waals surface area (Å²) in [7, 11) is 1.65. The van der Waals surface area contributed by atoms with Crippen molar-refractivity contribution in [3.8, 4) is 11.5 Å². The van der Waals surface area contributed by atoms with Gasteiger partial charge in [0.05, 0.1) is 18.2 Å². The van der Waals surface area contributed by atoms with Crippen LogP contribution in [0.2, 0.25) is 5.02 Å². The van der Waals surface area contributed by atoms with Crippen molar-refractivity contribution in [1.29, 1.82) is 0 Å². The monoisotopic (exact) mass is 361 g/mol. The van der Waals surface area contributed by atoms with Crippen LogP contribution in [-0.4, -0.2) is 19.1 Å². The molecule has 1 N–H and O–H groups in total. The van der Waals surface area contributed by atoms with E-state index >= 15 is 0 Å². The summed E-state index contributed by atoms with van der Waals surface area (Å²) in [5.41, 5.74) is 2.08. The molecule has 4 nitrogen and oxygen atoms in total. The molecule has 25 heavy (non-hydrogen) atoms. The van der Waals surface area contributed by atoms with E-state index in [0.717, 1.165) is 23.3 Å². The third-order valence-electron chi connectivity index (χ3n) is 4.06. The van der Waals surface area contributed by atoms with Crippen molar-refractivity contribution < 1.29 is 14.3 Å². The SMILES string of the molecule is CC[C@@H](NC(=O)[C@H](C)Oc1ccccc1Cl)c1ccc(OC)c(C)c1. The Morgan fingerprint density at radius 3 is 2.52 bits per heavy atom. The van der Waals surface area contributed by atoms with Crippen molar-refractivity contribution in [2.24, 2.45) is 0 Å². The van der Waals surface area contributed by atoms with E-state index in [-0.39, 0.29) is 11.9 Å². The van der Waals surface area contributed by atoms with Crippen molar-refractivity contribution in [2.45, 2.75) is 39.3 Å². The quantitative estimate of drug-likeness (QED) is 0.778. The maximum Gasteiger partial charge on any atom is 0.261 e. The van der Waals surface area contributed by atoms with E-state index in [1.807, 2.05) is 44.2 Å². The van der Waals surface area contributed by atoms with Crippen LogP contribution in [0.25, 0.3) is 0 Å². The number of hydrogen-bond acceptors (Lipinski definition) is 3. The van der Waals surface area contributed by atoms with Crippen LogP contribution in [0.5, 0.6) is 11.5 Å². The molecular formula is C20H24ClNO3. The Kier molecular flexibility index (Phi) is 6.71. The van der Waals surface area contributed by atoms with Gasteiger partial charge in [-0.15, -0.1) is 0 Å². The number of methoxy groups -OCH3 is 1. The first-order chi connectivity index (χ1) is 12.0. The van der Waals surface area contributed by atoms with Crippen molar-refractivity contribution >= 4 is 17.5 Å². The maximum atomic E-state index is 12.5. The lowest BCUT2D eigenvalue weighted by molar-refractivity contribution is -0.128. The van der Waals surface area contributed by atoms with Crippen molar-refractivity contribution in [3.63, 3.8) is 0 Å². The Bertz CT molecular complexity index is 733. The highest BCUT2D eigenvalue weighted by Crippen LogP contribution is 2.26. The molecule has 2 atom stereocenters. The van der Waals surface area contributed by atoms with E-state index in [1.165, 1.54) is 0 Å². The van der Waals surface area contributed by atoms with Gasteiger partial charge in [0, 0.05) is 0 Å². The van der Waals surface area contributed by atoms with Crippen LogP contribution in [0, 0.1) is 6.92 Å². The van der Waals surface area contributed by atoms with Gasteiger partial charge in [0.15, 0.2) is 6.10 Å². The summed E-state index contributed by atoms with van der Waals surface area (Å²) in [4.78, 5) is 12.5. The number of amides is 1. The van der Waals surface area contributed by atoms with Crippen LogP contribution in [-0.2, 0) is 4.79 Å². The van der Waals surface area contributed by atoms with Gasteiger partial charge in [-0.3, -0.25) is 4.79 Å². The molecule has 134 valence electrons. The molecule has 0 fully saturated rings. The molecule has 0 saturated heterocycles. The van der Waals surface area contributed by atoms with Crippen LogP contribution in [0.3, 0.4) is 0 Å². The predicted molar refractivity (Wildman–Crippen MR) is 100 cm³/mol. The smallest absolute Gasteiger partial charge is 0.261 e. The largest absolute Gasteiger partial charge is 0.496 e. The molecule has 0 saturated carbocycles. The molecule has 0 spiro atoms. The fourth-order valence-corrected chi connectivity index (χ4v) is 2.79. The predicted octanol–water partition coefficient (Wildman–Crippen LogP) is 4.69. The second kappa shape index (κ2) is 8.77. The van der Waals surface area contributed by atoms with Crippen LogP contribution in [0.4, 0.5) is 0 Å². The lowest BCUT2D eigenvalue weighted by atomic mass is 10.0. The zero-order valence-corrected chi connectivity index (χ0v) is 15.8. The van der Waals surface area contributed by atoms with Crippen molar-refractivity contribution in [1.82, 2.24) is 5.32 Å². The molecule has 0 aliphatic heterocycles. The molecule has 5 heteroatoms. The lowest BCUT2D eigenvalue weighted by Gasteiger charge is -2.22. The number of benzene rings is 2. The molecule has 0 radical (unpaired) electrons. The summed E-state index contributed by atoms with van der Waals surface area (Å²) in [5.74, 6) is 1.15. The number of aryl methyl sites for hydroxylation is 1. The van der Waals surface area contributed by atoms with Gasteiger partial charge in [-0.25, -0.2) is 0 Å². The number of nitrogens with one attached hydrogen (secondary N) is 1. The van der Waals surface area contributed by atoms with E-state index < -0.39 is 6.10 Å². The highest BCUT2D eigenvalue weighted by molar-refractivity contribution is 6.32. The fourth-order valence-electron chi connectivity index (χ4n) is 2.61. The van der Waals surface area contributed by atoms with Gasteiger partial charge in [-0.05, 0) is 49.6 Å². The molecule has 0 bridgehead atoms. The first-order valence-electron chi connectivity index (χ1n) is 8.32. The summed E-state index contributed by atoms with van der Waals surface area (Å²) in [5, 5.41) is 3.53. The van der Waals surface area contributed by atoms with Crippen molar-refractivity contribution in [2.75, 3.05) is 7.11 Å². The Morgan fingerprint density at radius 1 is 1.20 bits per heavy atom. The number of carbonyl (C=O) groups is 1.